The van der Waals surface area contributed by atoms with Crippen LogP contribution in [-0.2, 0) is 24.2 Å². The number of urea groups is 1. The number of aryl methyl sites for hydroxylation is 1. The molecule has 2 atom stereocenters. The molecule has 4 amide bonds. The van der Waals surface area contributed by atoms with Crippen LogP contribution in [0.4, 0.5) is 16.4 Å². The Labute approximate surface area is 266 Å². The molecule has 0 saturated carbocycles. The zero-order valence-electron chi connectivity index (χ0n) is 25.1. The van der Waals surface area contributed by atoms with Crippen molar-refractivity contribution >= 4 is 29.5 Å². The van der Waals surface area contributed by atoms with Crippen molar-refractivity contribution in [3.8, 4) is 0 Å². The summed E-state index contributed by atoms with van der Waals surface area (Å²) in [5.41, 5.74) is 5.32. The zero-order valence-corrected chi connectivity index (χ0v) is 25.1. The smallest absolute Gasteiger partial charge is 0.319 e. The van der Waals surface area contributed by atoms with Crippen molar-refractivity contribution in [2.45, 2.75) is 31.8 Å². The fourth-order valence-electron chi connectivity index (χ4n) is 6.04. The predicted octanol–water partition coefficient (Wildman–Crippen LogP) is 5.15. The Bertz CT molecular complexity index is 1780. The van der Waals surface area contributed by atoms with Gasteiger partial charge in [0, 0.05) is 17.8 Å². The van der Waals surface area contributed by atoms with Crippen molar-refractivity contribution in [3.63, 3.8) is 0 Å². The van der Waals surface area contributed by atoms with Crippen LogP contribution in [0.2, 0.25) is 0 Å². The molecule has 6 rings (SSSR count). The Morgan fingerprint density at radius 3 is 2.33 bits per heavy atom. The third-order valence-electron chi connectivity index (χ3n) is 8.16. The van der Waals surface area contributed by atoms with E-state index in [1.165, 1.54) is 17.2 Å². The van der Waals surface area contributed by atoms with Gasteiger partial charge in [-0.05, 0) is 76.1 Å². The maximum atomic E-state index is 14.1. The van der Waals surface area contributed by atoms with E-state index < -0.39 is 11.9 Å². The lowest BCUT2D eigenvalue weighted by atomic mass is 9.76. The quantitative estimate of drug-likeness (QED) is 0.171. The zero-order chi connectivity index (χ0) is 31.7. The number of amides is 4. The highest BCUT2D eigenvalue weighted by atomic mass is 16.2. The van der Waals surface area contributed by atoms with Gasteiger partial charge in [0.25, 0.3) is 5.91 Å². The largest absolute Gasteiger partial charge is 0.329 e. The minimum absolute atomic E-state index is 0.103. The molecule has 1 aromatic heterocycles. The van der Waals surface area contributed by atoms with E-state index >= 15 is 0 Å². The number of anilines is 2. The molecule has 46 heavy (non-hydrogen) atoms. The van der Waals surface area contributed by atoms with E-state index in [-0.39, 0.29) is 30.4 Å². The number of tetrazole rings is 1. The van der Waals surface area contributed by atoms with Crippen LogP contribution in [0.3, 0.4) is 0 Å². The van der Waals surface area contributed by atoms with Crippen LogP contribution in [0.15, 0.2) is 109 Å². The highest BCUT2D eigenvalue weighted by Crippen LogP contribution is 2.41. The molecule has 232 valence electrons. The lowest BCUT2D eigenvalue weighted by molar-refractivity contribution is -0.135. The van der Waals surface area contributed by atoms with Crippen molar-refractivity contribution in [2.24, 2.45) is 5.92 Å². The molecule has 4 aromatic carbocycles. The summed E-state index contributed by atoms with van der Waals surface area (Å²) in [6.07, 6.45) is 2.73. The van der Waals surface area contributed by atoms with E-state index in [1.807, 2.05) is 65.6 Å². The minimum Gasteiger partial charge on any atom is -0.329 e. The van der Waals surface area contributed by atoms with Crippen LogP contribution in [0, 0.1) is 5.92 Å². The summed E-state index contributed by atoms with van der Waals surface area (Å²) in [7, 11) is 0. The van der Waals surface area contributed by atoms with Gasteiger partial charge in [-0.3, -0.25) is 14.9 Å². The number of hydrogen-bond donors (Lipinski definition) is 4. The maximum absolute atomic E-state index is 14.1. The van der Waals surface area contributed by atoms with Crippen LogP contribution in [-0.4, -0.2) is 49.9 Å². The van der Waals surface area contributed by atoms with Crippen molar-refractivity contribution in [1.29, 1.82) is 0 Å². The first-order valence-electron chi connectivity index (χ1n) is 15.2. The maximum Gasteiger partial charge on any atom is 0.319 e. The number of fused-ring (bicyclic) bond motifs is 1. The van der Waals surface area contributed by atoms with E-state index in [9.17, 15) is 14.4 Å². The second-order valence-corrected chi connectivity index (χ2v) is 11.2. The molecule has 0 saturated heterocycles. The molecule has 0 spiro atoms. The van der Waals surface area contributed by atoms with Crippen LogP contribution >= 0.6 is 0 Å². The molecular formula is C35H34N8O3. The van der Waals surface area contributed by atoms with Crippen molar-refractivity contribution in [2.75, 3.05) is 17.2 Å². The Morgan fingerprint density at radius 1 is 0.826 bits per heavy atom. The minimum atomic E-state index is -0.560. The van der Waals surface area contributed by atoms with Gasteiger partial charge in [0.2, 0.25) is 11.9 Å². The summed E-state index contributed by atoms with van der Waals surface area (Å²) in [6.45, 7) is 0.208. The van der Waals surface area contributed by atoms with Gasteiger partial charge in [-0.25, -0.2) is 9.89 Å². The number of aromatic nitrogens is 4. The summed E-state index contributed by atoms with van der Waals surface area (Å²) in [6, 6.07) is 34.4. The number of benzene rings is 4. The number of rotatable bonds is 10. The number of carbonyl (C=O) groups is 3. The summed E-state index contributed by atoms with van der Waals surface area (Å²) in [4.78, 5) is 41.6. The number of nitrogens with one attached hydrogen (secondary N) is 4. The van der Waals surface area contributed by atoms with Gasteiger partial charge in [-0.1, -0.05) is 96.1 Å². The third-order valence-corrected chi connectivity index (χ3v) is 8.16. The van der Waals surface area contributed by atoms with Gasteiger partial charge in [-0.15, -0.1) is 0 Å². The SMILES string of the molecule is O=C(NCC(=O)N(Cc1ccccc1)[C@@H]1c2ccccc2CC[C@H]1Cc1ccccc1)Nc1cccc(C(=O)Nc2nnn[nH]2)c1. The van der Waals surface area contributed by atoms with E-state index in [0.29, 0.717) is 17.8 Å². The first-order valence-corrected chi connectivity index (χ1v) is 15.2. The topological polar surface area (TPSA) is 145 Å². The van der Waals surface area contributed by atoms with Crippen molar-refractivity contribution in [3.05, 3.63) is 137 Å². The average Bonchev–Trinajstić information content (AvgIpc) is 3.60. The van der Waals surface area contributed by atoms with Crippen LogP contribution < -0.4 is 16.0 Å². The van der Waals surface area contributed by atoms with Gasteiger partial charge < -0.3 is 15.5 Å². The Kier molecular flexibility index (Phi) is 9.38. The lowest BCUT2D eigenvalue weighted by Gasteiger charge is -2.42. The number of H-pyrrole nitrogens is 1. The van der Waals surface area contributed by atoms with Gasteiger partial charge in [0.05, 0.1) is 12.6 Å². The molecule has 0 bridgehead atoms. The molecule has 1 heterocycles. The molecule has 11 nitrogen and oxygen atoms in total. The summed E-state index contributed by atoms with van der Waals surface area (Å²) < 4.78 is 0. The highest BCUT2D eigenvalue weighted by molar-refractivity contribution is 6.04. The molecule has 0 aliphatic heterocycles. The fraction of sp³-hybridized carbons (Fsp3) is 0.200. The molecule has 11 heteroatoms. The first kappa shape index (κ1) is 30.2. The molecule has 0 unspecified atom stereocenters. The molecule has 5 aromatic rings. The Balaban J connectivity index is 1.19. The lowest BCUT2D eigenvalue weighted by Crippen LogP contribution is -2.46. The Hall–Kier alpha value is -5.84. The number of carbonyl (C=O) groups excluding carboxylic acids is 3. The number of hydrogen-bond acceptors (Lipinski definition) is 6. The molecule has 1 aliphatic carbocycles. The monoisotopic (exact) mass is 614 g/mol. The van der Waals surface area contributed by atoms with Crippen molar-refractivity contribution < 1.29 is 14.4 Å². The fourth-order valence-corrected chi connectivity index (χ4v) is 6.04. The molecule has 0 radical (unpaired) electrons. The van der Waals surface area contributed by atoms with Gasteiger partial charge in [-0.2, -0.15) is 0 Å². The molecule has 0 fully saturated rings. The van der Waals surface area contributed by atoms with Crippen LogP contribution in [0.1, 0.15) is 45.1 Å². The normalized spacial score (nSPS) is 15.3. The summed E-state index contributed by atoms with van der Waals surface area (Å²) in [5.74, 6) is -0.341. The predicted molar refractivity (Wildman–Crippen MR) is 174 cm³/mol. The summed E-state index contributed by atoms with van der Waals surface area (Å²) in [5, 5.41) is 21.0. The Morgan fingerprint density at radius 2 is 1.57 bits per heavy atom. The molecule has 4 N–H and O–H groups in total. The second kappa shape index (κ2) is 14.3. The molecular weight excluding hydrogens is 580 g/mol. The van der Waals surface area contributed by atoms with Crippen LogP contribution in [0.5, 0.6) is 0 Å². The summed E-state index contributed by atoms with van der Waals surface area (Å²) >= 11 is 0. The van der Waals surface area contributed by atoms with Crippen LogP contribution in [0.25, 0.3) is 0 Å². The number of aromatic amines is 1. The standard InChI is InChI=1S/C35H34N8O3/c44-31(22-36-35(46)37-29-16-9-15-28(21-29)33(45)38-34-39-41-42-40-34)43(23-25-12-5-2-6-13-25)32-27(20-24-10-3-1-4-11-24)19-18-26-14-7-8-17-30(26)32/h1-17,21,27,32H,18-20,22-23H2,(H2,36,37,46)(H2,38,39,40,41,42,45)/t27-,32-/m0/s1. The number of nitrogens with zero attached hydrogens (tertiary/aromatic N) is 4. The van der Waals surface area contributed by atoms with E-state index in [4.69, 9.17) is 0 Å². The third kappa shape index (κ3) is 7.44. The van der Waals surface area contributed by atoms with Gasteiger partial charge in [0.15, 0.2) is 0 Å². The van der Waals surface area contributed by atoms with Gasteiger partial charge >= 0.3 is 6.03 Å². The highest BCUT2D eigenvalue weighted by Gasteiger charge is 2.36. The van der Waals surface area contributed by atoms with E-state index in [1.54, 1.807) is 18.2 Å². The van der Waals surface area contributed by atoms with Gasteiger partial charge in [0.1, 0.15) is 0 Å². The van der Waals surface area contributed by atoms with E-state index in [0.717, 1.165) is 30.4 Å². The average molecular weight is 615 g/mol. The van der Waals surface area contributed by atoms with E-state index in [2.05, 4.69) is 60.8 Å². The molecule has 1 aliphatic rings. The first-order chi connectivity index (χ1) is 22.5. The van der Waals surface area contributed by atoms with Crippen molar-refractivity contribution in [1.82, 2.24) is 30.8 Å². The second-order valence-electron chi connectivity index (χ2n) is 11.2.